The second kappa shape index (κ2) is 4.91. The predicted octanol–water partition coefficient (Wildman–Crippen LogP) is 0.403. The Labute approximate surface area is 67.3 Å². The zero-order chi connectivity index (χ0) is 8.85. The van der Waals surface area contributed by atoms with Crippen LogP contribution < -0.4 is 0 Å². The van der Waals surface area contributed by atoms with Crippen LogP contribution >= 0.6 is 0 Å². The van der Waals surface area contributed by atoms with Crippen molar-refractivity contribution in [2.45, 2.75) is 13.3 Å². The lowest BCUT2D eigenvalue weighted by Gasteiger charge is -2.15. The molecule has 3 heteroatoms. The van der Waals surface area contributed by atoms with Crippen LogP contribution in [0.4, 0.5) is 0 Å². The smallest absolute Gasteiger partial charge is 0.248 e. The van der Waals surface area contributed by atoms with Gasteiger partial charge in [0.2, 0.25) is 5.91 Å². The highest BCUT2D eigenvalue weighted by molar-refractivity contribution is 5.92. The van der Waals surface area contributed by atoms with E-state index >= 15 is 0 Å². The molecular weight excluding hydrogens is 142 g/mol. The number of aliphatic hydroxyl groups is 1. The van der Waals surface area contributed by atoms with E-state index in [-0.39, 0.29) is 12.5 Å². The number of likely N-dealkylation sites (N-methyl/N-ethyl adjacent to an activating group) is 1. The van der Waals surface area contributed by atoms with Crippen molar-refractivity contribution < 1.29 is 9.90 Å². The summed E-state index contributed by atoms with van der Waals surface area (Å²) in [6, 6.07) is 0. The Morgan fingerprint density at radius 2 is 2.18 bits per heavy atom. The standard InChI is InChI=1S/C8H15NO2/c1-4-7(2)8(11)9(3)5-6-10/h10H,2,4-6H2,1,3H3. The Morgan fingerprint density at radius 3 is 2.55 bits per heavy atom. The van der Waals surface area contributed by atoms with E-state index in [9.17, 15) is 4.79 Å². The third-order valence-electron chi connectivity index (χ3n) is 1.51. The van der Waals surface area contributed by atoms with Crippen molar-refractivity contribution >= 4 is 5.91 Å². The van der Waals surface area contributed by atoms with Crippen LogP contribution in [0.5, 0.6) is 0 Å². The third kappa shape index (κ3) is 3.18. The fourth-order valence-corrected chi connectivity index (χ4v) is 0.673. The topological polar surface area (TPSA) is 40.5 Å². The van der Waals surface area contributed by atoms with E-state index in [0.29, 0.717) is 18.5 Å². The summed E-state index contributed by atoms with van der Waals surface area (Å²) >= 11 is 0. The Hall–Kier alpha value is -0.830. The van der Waals surface area contributed by atoms with Gasteiger partial charge in [0.15, 0.2) is 0 Å². The van der Waals surface area contributed by atoms with E-state index in [1.165, 1.54) is 4.90 Å². The third-order valence-corrected chi connectivity index (χ3v) is 1.51. The first-order valence-corrected chi connectivity index (χ1v) is 3.67. The fourth-order valence-electron chi connectivity index (χ4n) is 0.673. The van der Waals surface area contributed by atoms with Crippen LogP contribution in [0.2, 0.25) is 0 Å². The zero-order valence-electron chi connectivity index (χ0n) is 7.13. The Bertz CT molecular complexity index is 154. The van der Waals surface area contributed by atoms with Crippen molar-refractivity contribution in [1.29, 1.82) is 0 Å². The van der Waals surface area contributed by atoms with Crippen molar-refractivity contribution in [3.05, 3.63) is 12.2 Å². The summed E-state index contributed by atoms with van der Waals surface area (Å²) in [6.45, 7) is 5.86. The summed E-state index contributed by atoms with van der Waals surface area (Å²) in [5, 5.41) is 8.52. The van der Waals surface area contributed by atoms with E-state index in [2.05, 4.69) is 6.58 Å². The van der Waals surface area contributed by atoms with Crippen LogP contribution in [0.15, 0.2) is 12.2 Å². The molecule has 0 rings (SSSR count). The molecule has 0 bridgehead atoms. The molecule has 0 atom stereocenters. The summed E-state index contributed by atoms with van der Waals surface area (Å²) in [4.78, 5) is 12.6. The van der Waals surface area contributed by atoms with Crippen molar-refractivity contribution in [1.82, 2.24) is 4.90 Å². The minimum Gasteiger partial charge on any atom is -0.395 e. The van der Waals surface area contributed by atoms with Crippen LogP contribution in [0, 0.1) is 0 Å². The van der Waals surface area contributed by atoms with Gasteiger partial charge in [-0.3, -0.25) is 4.79 Å². The molecule has 0 aliphatic heterocycles. The lowest BCUT2D eigenvalue weighted by Crippen LogP contribution is -2.30. The van der Waals surface area contributed by atoms with Gasteiger partial charge in [-0.1, -0.05) is 13.5 Å². The van der Waals surface area contributed by atoms with E-state index in [4.69, 9.17) is 5.11 Å². The van der Waals surface area contributed by atoms with Crippen LogP contribution in [0.3, 0.4) is 0 Å². The molecule has 64 valence electrons. The van der Waals surface area contributed by atoms with Gasteiger partial charge in [0.05, 0.1) is 6.61 Å². The maximum atomic E-state index is 11.2. The number of hydrogen-bond donors (Lipinski definition) is 1. The summed E-state index contributed by atoms with van der Waals surface area (Å²) in [5.74, 6) is -0.0819. The van der Waals surface area contributed by atoms with Crippen molar-refractivity contribution in [2.75, 3.05) is 20.2 Å². The number of carbonyl (C=O) groups is 1. The molecule has 0 aliphatic rings. The quantitative estimate of drug-likeness (QED) is 0.600. The molecule has 3 nitrogen and oxygen atoms in total. The van der Waals surface area contributed by atoms with Gasteiger partial charge in [-0.15, -0.1) is 0 Å². The summed E-state index contributed by atoms with van der Waals surface area (Å²) < 4.78 is 0. The van der Waals surface area contributed by atoms with Gasteiger partial charge in [0, 0.05) is 19.2 Å². The first kappa shape index (κ1) is 10.2. The van der Waals surface area contributed by atoms with E-state index < -0.39 is 0 Å². The number of nitrogens with zero attached hydrogens (tertiary/aromatic N) is 1. The highest BCUT2D eigenvalue weighted by atomic mass is 16.3. The average molecular weight is 157 g/mol. The predicted molar refractivity (Wildman–Crippen MR) is 44.2 cm³/mol. The van der Waals surface area contributed by atoms with Crippen LogP contribution in [-0.2, 0) is 4.79 Å². The van der Waals surface area contributed by atoms with Crippen molar-refractivity contribution in [2.24, 2.45) is 0 Å². The molecule has 0 unspecified atom stereocenters. The molecule has 1 amide bonds. The molecule has 0 aromatic carbocycles. The average Bonchev–Trinajstić information content (AvgIpc) is 2.02. The lowest BCUT2D eigenvalue weighted by molar-refractivity contribution is -0.126. The second-order valence-corrected chi connectivity index (χ2v) is 2.41. The molecule has 0 radical (unpaired) electrons. The first-order chi connectivity index (χ1) is 5.13. The minimum atomic E-state index is -0.0819. The Kier molecular flexibility index (Phi) is 4.54. The molecule has 0 aliphatic carbocycles. The second-order valence-electron chi connectivity index (χ2n) is 2.41. The zero-order valence-corrected chi connectivity index (χ0v) is 7.13. The Balaban J connectivity index is 3.91. The van der Waals surface area contributed by atoms with Gasteiger partial charge >= 0.3 is 0 Å². The molecule has 0 aromatic rings. The van der Waals surface area contributed by atoms with Gasteiger partial charge in [0.25, 0.3) is 0 Å². The minimum absolute atomic E-state index is 0.000760. The molecule has 0 saturated heterocycles. The van der Waals surface area contributed by atoms with Gasteiger partial charge < -0.3 is 10.0 Å². The molecule has 0 heterocycles. The van der Waals surface area contributed by atoms with Crippen molar-refractivity contribution in [3.8, 4) is 0 Å². The van der Waals surface area contributed by atoms with E-state index in [1.807, 2.05) is 6.92 Å². The highest BCUT2D eigenvalue weighted by Gasteiger charge is 2.09. The Morgan fingerprint density at radius 1 is 1.64 bits per heavy atom. The molecule has 0 aromatic heterocycles. The SMILES string of the molecule is C=C(CC)C(=O)N(C)CCO. The number of amides is 1. The molecule has 0 fully saturated rings. The monoisotopic (exact) mass is 157 g/mol. The van der Waals surface area contributed by atoms with Gasteiger partial charge in [-0.05, 0) is 6.42 Å². The first-order valence-electron chi connectivity index (χ1n) is 3.67. The number of hydrogen-bond acceptors (Lipinski definition) is 2. The lowest BCUT2D eigenvalue weighted by atomic mass is 10.2. The fraction of sp³-hybridized carbons (Fsp3) is 0.625. The largest absolute Gasteiger partial charge is 0.395 e. The summed E-state index contributed by atoms with van der Waals surface area (Å²) in [6.07, 6.45) is 0.661. The number of carbonyl (C=O) groups excluding carboxylic acids is 1. The van der Waals surface area contributed by atoms with Gasteiger partial charge in [-0.25, -0.2) is 0 Å². The summed E-state index contributed by atoms with van der Waals surface area (Å²) in [7, 11) is 1.65. The van der Waals surface area contributed by atoms with Crippen molar-refractivity contribution in [3.63, 3.8) is 0 Å². The molecule has 11 heavy (non-hydrogen) atoms. The molecular formula is C8H15NO2. The van der Waals surface area contributed by atoms with Crippen LogP contribution in [-0.4, -0.2) is 36.1 Å². The highest BCUT2D eigenvalue weighted by Crippen LogP contribution is 2.00. The number of rotatable bonds is 4. The maximum Gasteiger partial charge on any atom is 0.248 e. The van der Waals surface area contributed by atoms with E-state index in [0.717, 1.165) is 0 Å². The number of aliphatic hydroxyl groups excluding tert-OH is 1. The molecule has 0 saturated carbocycles. The van der Waals surface area contributed by atoms with Crippen LogP contribution in [0.1, 0.15) is 13.3 Å². The van der Waals surface area contributed by atoms with E-state index in [1.54, 1.807) is 7.05 Å². The summed E-state index contributed by atoms with van der Waals surface area (Å²) in [5.41, 5.74) is 0.584. The molecule has 1 N–H and O–H groups in total. The van der Waals surface area contributed by atoms with Crippen LogP contribution in [0.25, 0.3) is 0 Å². The van der Waals surface area contributed by atoms with Gasteiger partial charge in [-0.2, -0.15) is 0 Å². The normalized spacial score (nSPS) is 9.36. The van der Waals surface area contributed by atoms with Gasteiger partial charge in [0.1, 0.15) is 0 Å². The maximum absolute atomic E-state index is 11.2. The molecule has 0 spiro atoms.